The molecule has 0 unspecified atom stereocenters. The van der Waals surface area contributed by atoms with Gasteiger partial charge >= 0.3 is 0 Å². The molecule has 1 N–H and O–H groups in total. The Balaban J connectivity index is 1.84. The number of anilines is 1. The highest BCUT2D eigenvalue weighted by molar-refractivity contribution is 5.58. The van der Waals surface area contributed by atoms with E-state index in [1.165, 1.54) is 0 Å². The molecule has 0 saturated carbocycles. The Labute approximate surface area is 111 Å². The van der Waals surface area contributed by atoms with Gasteiger partial charge in [-0.05, 0) is 31.9 Å². The Morgan fingerprint density at radius 2 is 2.16 bits per heavy atom. The maximum absolute atomic E-state index is 9.53. The van der Waals surface area contributed by atoms with E-state index < -0.39 is 0 Å². The number of pyridine rings is 1. The number of piperidine rings is 1. The molecule has 6 nitrogen and oxygen atoms in total. The van der Waals surface area contributed by atoms with E-state index in [-0.39, 0.29) is 6.10 Å². The lowest BCUT2D eigenvalue weighted by Crippen LogP contribution is -2.36. The van der Waals surface area contributed by atoms with E-state index in [4.69, 9.17) is 4.52 Å². The molecule has 2 aromatic heterocycles. The summed E-state index contributed by atoms with van der Waals surface area (Å²) in [4.78, 5) is 10.8. The van der Waals surface area contributed by atoms with Crippen LogP contribution in [0.25, 0.3) is 11.5 Å². The lowest BCUT2D eigenvalue weighted by molar-refractivity contribution is 0.145. The van der Waals surface area contributed by atoms with Gasteiger partial charge in [-0.2, -0.15) is 4.98 Å². The molecule has 0 aromatic carbocycles. The number of hydrogen-bond donors (Lipinski definition) is 1. The molecule has 0 radical (unpaired) electrons. The van der Waals surface area contributed by atoms with Gasteiger partial charge in [-0.1, -0.05) is 5.16 Å². The number of aryl methyl sites for hydroxylation is 1. The SMILES string of the molecule is Cc1noc(-c2ccnc(N3CCC(O)CC3)c2)n1. The van der Waals surface area contributed by atoms with Crippen molar-refractivity contribution < 1.29 is 9.63 Å². The average molecular weight is 260 g/mol. The van der Waals surface area contributed by atoms with Crippen LogP contribution in [0.1, 0.15) is 18.7 Å². The van der Waals surface area contributed by atoms with Crippen molar-refractivity contribution in [3.8, 4) is 11.5 Å². The fourth-order valence-electron chi connectivity index (χ4n) is 2.23. The Kier molecular flexibility index (Phi) is 3.16. The molecule has 100 valence electrons. The standard InChI is InChI=1S/C13H16N4O2/c1-9-15-13(19-16-9)10-2-5-14-12(8-10)17-6-3-11(18)4-7-17/h2,5,8,11,18H,3-4,6-7H2,1H3. The maximum Gasteiger partial charge on any atom is 0.258 e. The van der Waals surface area contributed by atoms with Gasteiger partial charge in [-0.25, -0.2) is 4.98 Å². The van der Waals surface area contributed by atoms with Crippen LogP contribution in [0.4, 0.5) is 5.82 Å². The van der Waals surface area contributed by atoms with Crippen molar-refractivity contribution >= 4 is 5.82 Å². The molecule has 2 aromatic rings. The van der Waals surface area contributed by atoms with E-state index in [0.717, 1.165) is 37.3 Å². The molecule has 1 saturated heterocycles. The Morgan fingerprint density at radius 3 is 2.84 bits per heavy atom. The number of aliphatic hydroxyl groups is 1. The molecule has 3 heterocycles. The number of aliphatic hydroxyl groups excluding tert-OH is 1. The van der Waals surface area contributed by atoms with Gasteiger partial charge in [0.25, 0.3) is 5.89 Å². The second kappa shape index (κ2) is 4.97. The molecule has 19 heavy (non-hydrogen) atoms. The maximum atomic E-state index is 9.53. The summed E-state index contributed by atoms with van der Waals surface area (Å²) in [5.41, 5.74) is 0.872. The molecule has 0 spiro atoms. The lowest BCUT2D eigenvalue weighted by Gasteiger charge is -2.30. The molecular formula is C13H16N4O2. The monoisotopic (exact) mass is 260 g/mol. The lowest BCUT2D eigenvalue weighted by atomic mass is 10.1. The summed E-state index contributed by atoms with van der Waals surface area (Å²) in [6, 6.07) is 3.81. The van der Waals surface area contributed by atoms with Crippen LogP contribution in [0.5, 0.6) is 0 Å². The summed E-state index contributed by atoms with van der Waals surface area (Å²) in [5.74, 6) is 2.02. The Hall–Kier alpha value is -1.95. The van der Waals surface area contributed by atoms with Crippen molar-refractivity contribution in [2.24, 2.45) is 0 Å². The van der Waals surface area contributed by atoms with E-state index in [1.807, 2.05) is 12.1 Å². The fraction of sp³-hybridized carbons (Fsp3) is 0.462. The van der Waals surface area contributed by atoms with Gasteiger partial charge < -0.3 is 14.5 Å². The highest BCUT2D eigenvalue weighted by Gasteiger charge is 2.19. The van der Waals surface area contributed by atoms with Crippen molar-refractivity contribution in [2.75, 3.05) is 18.0 Å². The van der Waals surface area contributed by atoms with Gasteiger partial charge in [0.2, 0.25) is 0 Å². The predicted molar refractivity (Wildman–Crippen MR) is 69.7 cm³/mol. The molecular weight excluding hydrogens is 244 g/mol. The summed E-state index contributed by atoms with van der Waals surface area (Å²) in [6.07, 6.45) is 3.13. The molecule has 3 rings (SSSR count). The van der Waals surface area contributed by atoms with Gasteiger partial charge in [0.15, 0.2) is 5.82 Å². The van der Waals surface area contributed by atoms with Crippen molar-refractivity contribution in [1.82, 2.24) is 15.1 Å². The minimum Gasteiger partial charge on any atom is -0.393 e. The van der Waals surface area contributed by atoms with Crippen LogP contribution in [0.15, 0.2) is 22.9 Å². The molecule has 0 amide bonds. The van der Waals surface area contributed by atoms with Gasteiger partial charge in [-0.3, -0.25) is 0 Å². The Bertz CT molecular complexity index is 561. The van der Waals surface area contributed by atoms with Crippen molar-refractivity contribution in [2.45, 2.75) is 25.9 Å². The van der Waals surface area contributed by atoms with Gasteiger partial charge in [0.1, 0.15) is 5.82 Å². The normalized spacial score (nSPS) is 16.8. The summed E-state index contributed by atoms with van der Waals surface area (Å²) in [7, 11) is 0. The molecule has 0 bridgehead atoms. The quantitative estimate of drug-likeness (QED) is 0.879. The predicted octanol–water partition coefficient (Wildman–Crippen LogP) is 1.40. The summed E-state index contributed by atoms with van der Waals surface area (Å²) in [5, 5.41) is 13.3. The van der Waals surface area contributed by atoms with E-state index >= 15 is 0 Å². The van der Waals surface area contributed by atoms with Crippen LogP contribution < -0.4 is 4.90 Å². The van der Waals surface area contributed by atoms with Crippen molar-refractivity contribution in [3.63, 3.8) is 0 Å². The molecule has 0 aliphatic carbocycles. The van der Waals surface area contributed by atoms with Crippen LogP contribution in [-0.2, 0) is 0 Å². The zero-order valence-electron chi connectivity index (χ0n) is 10.8. The van der Waals surface area contributed by atoms with E-state index in [2.05, 4.69) is 20.0 Å². The van der Waals surface area contributed by atoms with E-state index in [0.29, 0.717) is 11.7 Å². The minimum absolute atomic E-state index is 0.182. The van der Waals surface area contributed by atoms with Crippen molar-refractivity contribution in [1.29, 1.82) is 0 Å². The number of rotatable bonds is 2. The fourth-order valence-corrected chi connectivity index (χ4v) is 2.23. The van der Waals surface area contributed by atoms with E-state index in [1.54, 1.807) is 13.1 Å². The zero-order chi connectivity index (χ0) is 13.2. The second-order valence-electron chi connectivity index (χ2n) is 4.77. The highest BCUT2D eigenvalue weighted by Crippen LogP contribution is 2.23. The van der Waals surface area contributed by atoms with Gasteiger partial charge in [-0.15, -0.1) is 0 Å². The molecule has 1 fully saturated rings. The zero-order valence-corrected chi connectivity index (χ0v) is 10.8. The van der Waals surface area contributed by atoms with E-state index in [9.17, 15) is 5.11 Å². The first kappa shape index (κ1) is 12.1. The third kappa shape index (κ3) is 2.58. The highest BCUT2D eigenvalue weighted by atomic mass is 16.5. The number of hydrogen-bond acceptors (Lipinski definition) is 6. The van der Waals surface area contributed by atoms with Crippen molar-refractivity contribution in [3.05, 3.63) is 24.2 Å². The third-order valence-corrected chi connectivity index (χ3v) is 3.31. The number of aromatic nitrogens is 3. The summed E-state index contributed by atoms with van der Waals surface area (Å²) >= 11 is 0. The average Bonchev–Trinajstić information content (AvgIpc) is 2.86. The first-order valence-corrected chi connectivity index (χ1v) is 6.42. The van der Waals surface area contributed by atoms with Crippen LogP contribution in [0.3, 0.4) is 0 Å². The summed E-state index contributed by atoms with van der Waals surface area (Å²) in [6.45, 7) is 3.43. The molecule has 1 aliphatic heterocycles. The van der Waals surface area contributed by atoms with Crippen LogP contribution in [-0.4, -0.2) is 39.4 Å². The van der Waals surface area contributed by atoms with Gasteiger partial charge in [0, 0.05) is 24.8 Å². The molecule has 6 heteroatoms. The summed E-state index contributed by atoms with van der Waals surface area (Å²) < 4.78 is 5.16. The first-order valence-electron chi connectivity index (χ1n) is 6.42. The third-order valence-electron chi connectivity index (χ3n) is 3.31. The molecule has 1 aliphatic rings. The second-order valence-corrected chi connectivity index (χ2v) is 4.77. The Morgan fingerprint density at radius 1 is 1.37 bits per heavy atom. The minimum atomic E-state index is -0.182. The van der Waals surface area contributed by atoms with Gasteiger partial charge in [0.05, 0.1) is 6.10 Å². The molecule has 0 atom stereocenters. The smallest absolute Gasteiger partial charge is 0.258 e. The van der Waals surface area contributed by atoms with Crippen LogP contribution >= 0.6 is 0 Å². The first-order chi connectivity index (χ1) is 9.22. The topological polar surface area (TPSA) is 75.3 Å². The largest absolute Gasteiger partial charge is 0.393 e. The van der Waals surface area contributed by atoms with Crippen LogP contribution in [0, 0.1) is 6.92 Å². The van der Waals surface area contributed by atoms with Crippen LogP contribution in [0.2, 0.25) is 0 Å². The number of nitrogens with zero attached hydrogens (tertiary/aromatic N) is 4.